The summed E-state index contributed by atoms with van der Waals surface area (Å²) in [6.07, 6.45) is 7.06. The Hall–Kier alpha value is -1.61. The molecule has 0 amide bonds. The molecule has 0 radical (unpaired) electrons. The lowest BCUT2D eigenvalue weighted by atomic mass is 9.93. The highest BCUT2D eigenvalue weighted by molar-refractivity contribution is 14.0. The Kier molecular flexibility index (Phi) is 10.8. The first-order chi connectivity index (χ1) is 14.7. The SMILES string of the molecule is CCNC(=NCc1ccccc1CN(CC)CC)N1CCC(C)C(n2ccnc2)C1.I. The van der Waals surface area contributed by atoms with Crippen LogP contribution in [-0.4, -0.2) is 58.0 Å². The lowest BCUT2D eigenvalue weighted by molar-refractivity contribution is 0.189. The molecule has 31 heavy (non-hydrogen) atoms. The number of aliphatic imine (C=N–C) groups is 1. The van der Waals surface area contributed by atoms with E-state index in [0.717, 1.165) is 51.6 Å². The van der Waals surface area contributed by atoms with Crippen LogP contribution in [0.15, 0.2) is 48.0 Å². The summed E-state index contributed by atoms with van der Waals surface area (Å²) >= 11 is 0. The molecule has 2 heterocycles. The molecule has 0 saturated carbocycles. The number of piperidine rings is 1. The highest BCUT2D eigenvalue weighted by Gasteiger charge is 2.28. The fraction of sp³-hybridized carbons (Fsp3) is 0.583. The number of nitrogens with one attached hydrogen (secondary N) is 1. The standard InChI is InChI=1S/C24H38N6.HI/c1-5-26-24(29-14-12-20(4)23(18-29)30-15-13-25-19-30)27-16-21-10-8-9-11-22(21)17-28(6-2)7-3;/h8-11,13,15,19-20,23H,5-7,12,14,16-18H2,1-4H3,(H,26,27);1H. The number of benzene rings is 1. The number of likely N-dealkylation sites (tertiary alicyclic amines) is 1. The Morgan fingerprint density at radius 2 is 1.94 bits per heavy atom. The van der Waals surface area contributed by atoms with Crippen LogP contribution in [0, 0.1) is 5.92 Å². The van der Waals surface area contributed by atoms with Gasteiger partial charge in [0.15, 0.2) is 5.96 Å². The molecule has 1 aliphatic rings. The predicted octanol–water partition coefficient (Wildman–Crippen LogP) is 4.39. The van der Waals surface area contributed by atoms with E-state index in [1.807, 2.05) is 12.5 Å². The lowest BCUT2D eigenvalue weighted by Gasteiger charge is -2.39. The molecule has 2 atom stereocenters. The van der Waals surface area contributed by atoms with E-state index in [9.17, 15) is 0 Å². The molecule has 1 N–H and O–H groups in total. The van der Waals surface area contributed by atoms with Gasteiger partial charge in [-0.1, -0.05) is 45.0 Å². The minimum Gasteiger partial charge on any atom is -0.357 e. The number of guanidine groups is 1. The molecule has 3 rings (SSSR count). The number of hydrogen-bond acceptors (Lipinski definition) is 3. The quantitative estimate of drug-likeness (QED) is 0.308. The normalized spacial score (nSPS) is 19.4. The number of hydrogen-bond donors (Lipinski definition) is 1. The van der Waals surface area contributed by atoms with E-state index < -0.39 is 0 Å². The van der Waals surface area contributed by atoms with Gasteiger partial charge in [0.05, 0.1) is 18.9 Å². The molecule has 172 valence electrons. The van der Waals surface area contributed by atoms with Gasteiger partial charge in [-0.25, -0.2) is 9.98 Å². The van der Waals surface area contributed by atoms with Crippen molar-refractivity contribution in [1.82, 2.24) is 24.7 Å². The molecule has 1 aromatic carbocycles. The number of halogens is 1. The molecular formula is C24H39IN6. The van der Waals surface area contributed by atoms with Gasteiger partial charge in [-0.15, -0.1) is 24.0 Å². The summed E-state index contributed by atoms with van der Waals surface area (Å²) in [7, 11) is 0. The maximum Gasteiger partial charge on any atom is 0.194 e. The van der Waals surface area contributed by atoms with E-state index in [0.29, 0.717) is 18.5 Å². The van der Waals surface area contributed by atoms with Crippen molar-refractivity contribution in [2.75, 3.05) is 32.7 Å². The Morgan fingerprint density at radius 3 is 2.58 bits per heavy atom. The molecule has 2 unspecified atom stereocenters. The number of rotatable bonds is 8. The largest absolute Gasteiger partial charge is 0.357 e. The molecule has 0 spiro atoms. The average Bonchev–Trinajstić information content (AvgIpc) is 3.31. The topological polar surface area (TPSA) is 48.7 Å². The zero-order valence-corrected chi connectivity index (χ0v) is 21.8. The third kappa shape index (κ3) is 6.94. The van der Waals surface area contributed by atoms with Gasteiger partial charge in [-0.2, -0.15) is 0 Å². The van der Waals surface area contributed by atoms with E-state index in [2.05, 4.69) is 82.8 Å². The maximum absolute atomic E-state index is 5.06. The Morgan fingerprint density at radius 1 is 1.19 bits per heavy atom. The maximum atomic E-state index is 5.06. The van der Waals surface area contributed by atoms with Crippen molar-refractivity contribution in [3.05, 3.63) is 54.1 Å². The predicted molar refractivity (Wildman–Crippen MR) is 140 cm³/mol. The summed E-state index contributed by atoms with van der Waals surface area (Å²) in [5.41, 5.74) is 2.70. The van der Waals surface area contributed by atoms with Crippen LogP contribution in [0.2, 0.25) is 0 Å². The van der Waals surface area contributed by atoms with Crippen LogP contribution in [0.3, 0.4) is 0 Å². The third-order valence-corrected chi connectivity index (χ3v) is 6.27. The van der Waals surface area contributed by atoms with Gasteiger partial charge in [0.25, 0.3) is 0 Å². The van der Waals surface area contributed by atoms with E-state index in [1.54, 1.807) is 0 Å². The van der Waals surface area contributed by atoms with Crippen LogP contribution in [0.1, 0.15) is 51.3 Å². The summed E-state index contributed by atoms with van der Waals surface area (Å²) in [4.78, 5) is 14.2. The first kappa shape index (κ1) is 25.6. The monoisotopic (exact) mass is 538 g/mol. The smallest absolute Gasteiger partial charge is 0.194 e. The zero-order chi connectivity index (χ0) is 21.3. The van der Waals surface area contributed by atoms with Crippen molar-refractivity contribution in [3.8, 4) is 0 Å². The van der Waals surface area contributed by atoms with Crippen molar-refractivity contribution in [2.45, 2.75) is 53.2 Å². The zero-order valence-electron chi connectivity index (χ0n) is 19.5. The Balaban J connectivity index is 0.00000341. The van der Waals surface area contributed by atoms with Crippen molar-refractivity contribution in [2.24, 2.45) is 10.9 Å². The molecular weight excluding hydrogens is 499 g/mol. The average molecular weight is 539 g/mol. The van der Waals surface area contributed by atoms with E-state index in [4.69, 9.17) is 4.99 Å². The highest BCUT2D eigenvalue weighted by atomic mass is 127. The Bertz CT molecular complexity index is 787. The third-order valence-electron chi connectivity index (χ3n) is 6.27. The van der Waals surface area contributed by atoms with Gasteiger partial charge in [0.2, 0.25) is 0 Å². The number of nitrogens with zero attached hydrogens (tertiary/aromatic N) is 5. The van der Waals surface area contributed by atoms with Crippen molar-refractivity contribution in [1.29, 1.82) is 0 Å². The summed E-state index contributed by atoms with van der Waals surface area (Å²) in [5.74, 6) is 1.65. The van der Waals surface area contributed by atoms with Crippen LogP contribution in [0.4, 0.5) is 0 Å². The summed E-state index contributed by atoms with van der Waals surface area (Å²) < 4.78 is 2.25. The Labute approximate surface area is 205 Å². The first-order valence-electron chi connectivity index (χ1n) is 11.5. The summed E-state index contributed by atoms with van der Waals surface area (Å²) in [5, 5.41) is 3.53. The number of aromatic nitrogens is 2. The van der Waals surface area contributed by atoms with Crippen LogP contribution in [0.5, 0.6) is 0 Å². The van der Waals surface area contributed by atoms with Crippen LogP contribution in [-0.2, 0) is 13.1 Å². The number of imidazole rings is 1. The first-order valence-corrected chi connectivity index (χ1v) is 11.5. The van der Waals surface area contributed by atoms with E-state index >= 15 is 0 Å². The summed E-state index contributed by atoms with van der Waals surface area (Å²) in [6, 6.07) is 9.16. The molecule has 1 aromatic heterocycles. The molecule has 1 saturated heterocycles. The van der Waals surface area contributed by atoms with Crippen LogP contribution < -0.4 is 5.32 Å². The van der Waals surface area contributed by atoms with E-state index in [1.165, 1.54) is 11.1 Å². The minimum atomic E-state index is 0. The van der Waals surface area contributed by atoms with E-state index in [-0.39, 0.29) is 24.0 Å². The van der Waals surface area contributed by atoms with Gasteiger partial charge >= 0.3 is 0 Å². The van der Waals surface area contributed by atoms with Crippen LogP contribution in [0.25, 0.3) is 0 Å². The second-order valence-electron chi connectivity index (χ2n) is 8.19. The fourth-order valence-corrected chi connectivity index (χ4v) is 4.23. The molecule has 0 bridgehead atoms. The molecule has 1 fully saturated rings. The van der Waals surface area contributed by atoms with Gasteiger partial charge in [0, 0.05) is 38.6 Å². The second kappa shape index (κ2) is 13.1. The second-order valence-corrected chi connectivity index (χ2v) is 8.19. The summed E-state index contributed by atoms with van der Waals surface area (Å²) in [6.45, 7) is 15.6. The van der Waals surface area contributed by atoms with Gasteiger partial charge < -0.3 is 14.8 Å². The van der Waals surface area contributed by atoms with Gasteiger partial charge in [0.1, 0.15) is 0 Å². The van der Waals surface area contributed by atoms with Gasteiger partial charge in [-0.3, -0.25) is 4.90 Å². The van der Waals surface area contributed by atoms with Crippen molar-refractivity contribution in [3.63, 3.8) is 0 Å². The molecule has 6 nitrogen and oxygen atoms in total. The van der Waals surface area contributed by atoms with Crippen LogP contribution >= 0.6 is 24.0 Å². The molecule has 7 heteroatoms. The van der Waals surface area contributed by atoms with Crippen molar-refractivity contribution >= 4 is 29.9 Å². The molecule has 0 aliphatic carbocycles. The molecule has 2 aromatic rings. The minimum absolute atomic E-state index is 0. The lowest BCUT2D eigenvalue weighted by Crippen LogP contribution is -2.49. The fourth-order valence-electron chi connectivity index (χ4n) is 4.23. The van der Waals surface area contributed by atoms with Gasteiger partial charge in [-0.05, 0) is 43.5 Å². The van der Waals surface area contributed by atoms with Crippen molar-refractivity contribution < 1.29 is 0 Å². The highest BCUT2D eigenvalue weighted by Crippen LogP contribution is 2.27. The molecule has 1 aliphatic heterocycles.